The minimum absolute atomic E-state index is 0.444. The molecule has 2 rings (SSSR count). The maximum absolute atomic E-state index is 5.65. The number of aromatic nitrogens is 1. The van der Waals surface area contributed by atoms with E-state index in [1.165, 1.54) is 12.8 Å². The number of nitrogen functional groups attached to an aromatic ring is 2. The molecule has 1 fully saturated rings. The van der Waals surface area contributed by atoms with E-state index in [4.69, 9.17) is 16.2 Å². The maximum Gasteiger partial charge on any atom is 0.239 e. The number of anilines is 2. The van der Waals surface area contributed by atoms with E-state index in [9.17, 15) is 0 Å². The van der Waals surface area contributed by atoms with Gasteiger partial charge in [-0.05, 0) is 30.9 Å². The van der Waals surface area contributed by atoms with E-state index >= 15 is 0 Å². The van der Waals surface area contributed by atoms with Crippen LogP contribution in [0.3, 0.4) is 0 Å². The Morgan fingerprint density at radius 1 is 1.38 bits per heavy atom. The van der Waals surface area contributed by atoms with Crippen LogP contribution in [0.15, 0.2) is 12.1 Å². The van der Waals surface area contributed by atoms with Crippen LogP contribution in [0, 0.1) is 5.92 Å². The van der Waals surface area contributed by atoms with E-state index in [-0.39, 0.29) is 0 Å². The predicted octanol–water partition coefficient (Wildman–Crippen LogP) is 1.03. The molecule has 0 spiro atoms. The molecular weight excluding hydrogens is 166 g/mol. The Labute approximate surface area is 76.9 Å². The molecule has 0 aromatic carbocycles. The number of rotatable bonds is 3. The minimum Gasteiger partial charge on any atom is -0.476 e. The first-order chi connectivity index (χ1) is 6.25. The molecule has 1 saturated carbocycles. The number of nitrogens with zero attached hydrogens (tertiary/aromatic N) is 1. The molecule has 0 saturated heterocycles. The van der Waals surface area contributed by atoms with Crippen LogP contribution in [0.2, 0.25) is 0 Å². The van der Waals surface area contributed by atoms with Crippen LogP contribution in [-0.2, 0) is 0 Å². The fraction of sp³-hybridized carbons (Fsp3) is 0.444. The van der Waals surface area contributed by atoms with Gasteiger partial charge in [-0.3, -0.25) is 0 Å². The highest BCUT2D eigenvalue weighted by molar-refractivity contribution is 5.52. The summed E-state index contributed by atoms with van der Waals surface area (Å²) < 4.78 is 5.43. The molecule has 13 heavy (non-hydrogen) atoms. The predicted molar refractivity (Wildman–Crippen MR) is 51.3 cm³/mol. The second-order valence-electron chi connectivity index (χ2n) is 3.38. The van der Waals surface area contributed by atoms with Crippen LogP contribution < -0.4 is 16.2 Å². The molecule has 4 N–H and O–H groups in total. The summed E-state index contributed by atoms with van der Waals surface area (Å²) in [6, 6.07) is 3.38. The highest BCUT2D eigenvalue weighted by Gasteiger charge is 2.22. The Kier molecular flexibility index (Phi) is 1.96. The van der Waals surface area contributed by atoms with Crippen LogP contribution in [0.5, 0.6) is 5.88 Å². The first-order valence-corrected chi connectivity index (χ1v) is 4.40. The van der Waals surface area contributed by atoms with E-state index in [1.54, 1.807) is 12.1 Å². The Morgan fingerprint density at radius 2 is 2.15 bits per heavy atom. The lowest BCUT2D eigenvalue weighted by molar-refractivity contribution is 0.290. The Morgan fingerprint density at radius 3 is 2.85 bits per heavy atom. The van der Waals surface area contributed by atoms with Crippen molar-refractivity contribution < 1.29 is 4.74 Å². The van der Waals surface area contributed by atoms with Crippen molar-refractivity contribution in [2.24, 2.45) is 5.92 Å². The quantitative estimate of drug-likeness (QED) is 0.726. The number of pyridine rings is 1. The van der Waals surface area contributed by atoms with Crippen LogP contribution >= 0.6 is 0 Å². The lowest BCUT2D eigenvalue weighted by Gasteiger charge is -2.06. The van der Waals surface area contributed by atoms with E-state index in [1.807, 2.05) is 0 Å². The average Bonchev–Trinajstić information content (AvgIpc) is 2.90. The van der Waals surface area contributed by atoms with Gasteiger partial charge in [-0.15, -0.1) is 0 Å². The smallest absolute Gasteiger partial charge is 0.239 e. The summed E-state index contributed by atoms with van der Waals surface area (Å²) in [5.74, 6) is 1.61. The van der Waals surface area contributed by atoms with Crippen molar-refractivity contribution in [1.82, 2.24) is 4.98 Å². The van der Waals surface area contributed by atoms with Crippen molar-refractivity contribution in [3.63, 3.8) is 0 Å². The lowest BCUT2D eigenvalue weighted by atomic mass is 10.4. The minimum atomic E-state index is 0.444. The molecule has 0 unspecified atom stereocenters. The summed E-state index contributed by atoms with van der Waals surface area (Å²) >= 11 is 0. The van der Waals surface area contributed by atoms with Crippen LogP contribution in [0.25, 0.3) is 0 Å². The topological polar surface area (TPSA) is 74.2 Å². The largest absolute Gasteiger partial charge is 0.476 e. The van der Waals surface area contributed by atoms with Crippen molar-refractivity contribution in [2.45, 2.75) is 12.8 Å². The number of hydrogen-bond acceptors (Lipinski definition) is 4. The third-order valence-electron chi connectivity index (χ3n) is 2.06. The highest BCUT2D eigenvalue weighted by atomic mass is 16.5. The maximum atomic E-state index is 5.65. The van der Waals surface area contributed by atoms with Gasteiger partial charge in [0.1, 0.15) is 5.82 Å². The van der Waals surface area contributed by atoms with Crippen molar-refractivity contribution >= 4 is 11.5 Å². The van der Waals surface area contributed by atoms with Gasteiger partial charge in [0.25, 0.3) is 0 Å². The second kappa shape index (κ2) is 3.12. The summed E-state index contributed by atoms with van der Waals surface area (Å²) in [7, 11) is 0. The average molecular weight is 179 g/mol. The Balaban J connectivity index is 2.03. The molecule has 0 atom stereocenters. The molecule has 1 aromatic rings. The van der Waals surface area contributed by atoms with E-state index < -0.39 is 0 Å². The Hall–Kier alpha value is -1.45. The molecular formula is C9H13N3O. The second-order valence-corrected chi connectivity index (χ2v) is 3.38. The van der Waals surface area contributed by atoms with Crippen LogP contribution in [0.4, 0.5) is 11.5 Å². The zero-order valence-corrected chi connectivity index (χ0v) is 7.36. The third kappa shape index (κ3) is 2.02. The standard InChI is InChI=1S/C9H13N3O/c10-7-3-4-8(11)12-9(7)13-5-6-1-2-6/h3-4,6H,1-2,5,10H2,(H2,11,12). The molecule has 0 amide bonds. The van der Waals surface area contributed by atoms with Gasteiger partial charge >= 0.3 is 0 Å². The number of nitrogens with two attached hydrogens (primary N) is 2. The van der Waals surface area contributed by atoms with Crippen LogP contribution in [0.1, 0.15) is 12.8 Å². The van der Waals surface area contributed by atoms with Gasteiger partial charge in [0.15, 0.2) is 0 Å². The van der Waals surface area contributed by atoms with E-state index in [0.29, 0.717) is 29.9 Å². The molecule has 0 bridgehead atoms. The number of hydrogen-bond donors (Lipinski definition) is 2. The third-order valence-corrected chi connectivity index (χ3v) is 2.06. The van der Waals surface area contributed by atoms with Crippen molar-refractivity contribution in [3.05, 3.63) is 12.1 Å². The van der Waals surface area contributed by atoms with Gasteiger partial charge in [0, 0.05) is 0 Å². The zero-order valence-electron chi connectivity index (χ0n) is 7.36. The fourth-order valence-corrected chi connectivity index (χ4v) is 1.06. The molecule has 1 aliphatic rings. The molecule has 0 aliphatic heterocycles. The van der Waals surface area contributed by atoms with Gasteiger partial charge in [-0.1, -0.05) is 0 Å². The fourth-order valence-electron chi connectivity index (χ4n) is 1.06. The summed E-state index contributed by atoms with van der Waals surface area (Å²) in [4.78, 5) is 4.00. The molecule has 4 heteroatoms. The summed E-state index contributed by atoms with van der Waals surface area (Å²) in [6.07, 6.45) is 2.50. The lowest BCUT2D eigenvalue weighted by Crippen LogP contribution is -2.04. The summed E-state index contributed by atoms with van der Waals surface area (Å²) in [5.41, 5.74) is 11.7. The van der Waals surface area contributed by atoms with Gasteiger partial charge in [0.2, 0.25) is 5.88 Å². The SMILES string of the molecule is Nc1ccc(N)c(OCC2CC2)n1. The van der Waals surface area contributed by atoms with Crippen molar-refractivity contribution in [3.8, 4) is 5.88 Å². The summed E-state index contributed by atoms with van der Waals surface area (Å²) in [6.45, 7) is 0.709. The monoisotopic (exact) mass is 179 g/mol. The van der Waals surface area contributed by atoms with Gasteiger partial charge in [0.05, 0.1) is 12.3 Å². The number of ether oxygens (including phenoxy) is 1. The molecule has 1 aliphatic carbocycles. The molecule has 70 valence electrons. The van der Waals surface area contributed by atoms with E-state index in [0.717, 1.165) is 0 Å². The van der Waals surface area contributed by atoms with Gasteiger partial charge in [-0.2, -0.15) is 4.98 Å². The normalized spacial score (nSPS) is 15.7. The Bertz CT molecular complexity index is 310. The zero-order chi connectivity index (χ0) is 9.26. The molecule has 1 aromatic heterocycles. The van der Waals surface area contributed by atoms with Crippen LogP contribution in [-0.4, -0.2) is 11.6 Å². The molecule has 4 nitrogen and oxygen atoms in total. The molecule has 1 heterocycles. The van der Waals surface area contributed by atoms with Gasteiger partial charge in [-0.25, -0.2) is 0 Å². The highest BCUT2D eigenvalue weighted by Crippen LogP contribution is 2.30. The van der Waals surface area contributed by atoms with Crippen molar-refractivity contribution in [1.29, 1.82) is 0 Å². The summed E-state index contributed by atoms with van der Waals surface area (Å²) in [5, 5.41) is 0. The van der Waals surface area contributed by atoms with Crippen molar-refractivity contribution in [2.75, 3.05) is 18.1 Å². The molecule has 0 radical (unpaired) electrons. The first-order valence-electron chi connectivity index (χ1n) is 4.40. The van der Waals surface area contributed by atoms with E-state index in [2.05, 4.69) is 4.98 Å². The first kappa shape index (κ1) is 8.16. The van der Waals surface area contributed by atoms with Gasteiger partial charge < -0.3 is 16.2 Å².